The highest BCUT2D eigenvalue weighted by Gasteiger charge is 2.12. The Balaban J connectivity index is 2.69. The lowest BCUT2D eigenvalue weighted by atomic mass is 9.87. The molecule has 0 spiro atoms. The summed E-state index contributed by atoms with van der Waals surface area (Å²) in [6.45, 7) is 14.1. The molecule has 0 aliphatic carbocycles. The summed E-state index contributed by atoms with van der Waals surface area (Å²) >= 11 is 1.71. The Kier molecular flexibility index (Phi) is 5.91. The van der Waals surface area contributed by atoms with Crippen LogP contribution in [0.1, 0.15) is 26.3 Å². The van der Waals surface area contributed by atoms with Crippen molar-refractivity contribution in [3.63, 3.8) is 0 Å². The molecule has 1 heteroatoms. The van der Waals surface area contributed by atoms with Crippen LogP contribution in [0.15, 0.2) is 77.6 Å². The molecule has 0 radical (unpaired) electrons. The first-order valence-electron chi connectivity index (χ1n) is 6.36. The number of thioether (sulfide) groups is 1. The van der Waals surface area contributed by atoms with Crippen LogP contribution in [0.3, 0.4) is 0 Å². The highest BCUT2D eigenvalue weighted by molar-refractivity contribution is 8.02. The van der Waals surface area contributed by atoms with Crippen LogP contribution < -0.4 is 0 Å². The van der Waals surface area contributed by atoms with E-state index in [0.29, 0.717) is 0 Å². The Hall–Kier alpha value is -1.47. The van der Waals surface area contributed by atoms with Crippen molar-refractivity contribution >= 4 is 11.8 Å². The quantitative estimate of drug-likeness (QED) is 0.475. The van der Waals surface area contributed by atoms with Crippen LogP contribution in [0, 0.1) is 0 Å². The number of hydrogen-bond donors (Lipinski definition) is 0. The van der Waals surface area contributed by atoms with E-state index >= 15 is 0 Å². The second kappa shape index (κ2) is 7.20. The first kappa shape index (κ1) is 15.6. The smallest absolute Gasteiger partial charge is 0.0116 e. The summed E-state index contributed by atoms with van der Waals surface area (Å²) in [7, 11) is 0. The minimum Gasteiger partial charge on any atom is -0.0990 e. The minimum atomic E-state index is 0.210. The Bertz CT molecular complexity index is 481. The van der Waals surface area contributed by atoms with Gasteiger partial charge in [0, 0.05) is 4.90 Å². The van der Waals surface area contributed by atoms with Crippen LogP contribution in [0.2, 0.25) is 0 Å². The summed E-state index contributed by atoms with van der Waals surface area (Å²) in [6.07, 6.45) is 7.56. The second-order valence-corrected chi connectivity index (χ2v) is 6.28. The van der Waals surface area contributed by atoms with Gasteiger partial charge in [0.05, 0.1) is 0 Å². The molecule has 0 unspecified atom stereocenters. The molecule has 0 fully saturated rings. The molecule has 0 nitrogen and oxygen atoms in total. The summed E-state index contributed by atoms with van der Waals surface area (Å²) in [6, 6.07) is 8.73. The fourth-order valence-corrected chi connectivity index (χ4v) is 2.23. The van der Waals surface area contributed by atoms with Crippen LogP contribution in [0.4, 0.5) is 0 Å². The summed E-state index contributed by atoms with van der Waals surface area (Å²) in [5.41, 5.74) is 2.63. The van der Waals surface area contributed by atoms with Gasteiger partial charge in [-0.2, -0.15) is 0 Å². The lowest BCUT2D eigenvalue weighted by molar-refractivity contribution is 0.590. The average Bonchev–Trinajstić information content (AvgIpc) is 2.37. The van der Waals surface area contributed by atoms with Crippen molar-refractivity contribution in [3.8, 4) is 0 Å². The predicted octanol–water partition coefficient (Wildman–Crippen LogP) is 5.89. The molecular formula is C18H22S. The molecule has 0 saturated heterocycles. The molecular weight excluding hydrogens is 248 g/mol. The molecule has 100 valence electrons. The van der Waals surface area contributed by atoms with Crippen molar-refractivity contribution < 1.29 is 0 Å². The van der Waals surface area contributed by atoms with Gasteiger partial charge in [-0.3, -0.25) is 0 Å². The van der Waals surface area contributed by atoms with Crippen molar-refractivity contribution in [3.05, 3.63) is 78.3 Å². The van der Waals surface area contributed by atoms with E-state index in [9.17, 15) is 0 Å². The molecule has 0 aromatic heterocycles. The van der Waals surface area contributed by atoms with E-state index in [1.165, 1.54) is 10.5 Å². The predicted molar refractivity (Wildman–Crippen MR) is 88.6 cm³/mol. The van der Waals surface area contributed by atoms with Gasteiger partial charge in [0.2, 0.25) is 0 Å². The Morgan fingerprint density at radius 3 is 2.21 bits per heavy atom. The maximum Gasteiger partial charge on any atom is 0.0116 e. The molecule has 1 aromatic rings. The van der Waals surface area contributed by atoms with Crippen LogP contribution >= 0.6 is 11.8 Å². The highest BCUT2D eigenvalue weighted by atomic mass is 32.2. The van der Waals surface area contributed by atoms with E-state index in [1.54, 1.807) is 17.8 Å². The van der Waals surface area contributed by atoms with Gasteiger partial charge in [0.1, 0.15) is 0 Å². The minimum absolute atomic E-state index is 0.210. The topological polar surface area (TPSA) is 0 Å². The fraction of sp³-hybridized carbons (Fsp3) is 0.222. The van der Waals surface area contributed by atoms with Gasteiger partial charge in [0.25, 0.3) is 0 Å². The van der Waals surface area contributed by atoms with E-state index < -0.39 is 0 Å². The lowest BCUT2D eigenvalue weighted by Crippen LogP contribution is -2.10. The first-order valence-corrected chi connectivity index (χ1v) is 7.24. The molecule has 1 aromatic carbocycles. The van der Waals surface area contributed by atoms with Crippen LogP contribution in [0.25, 0.3) is 0 Å². The zero-order chi connectivity index (χ0) is 14.3. The van der Waals surface area contributed by atoms with Crippen molar-refractivity contribution in [2.75, 3.05) is 0 Å². The third-order valence-electron chi connectivity index (χ3n) is 2.73. The maximum absolute atomic E-state index is 3.77. The van der Waals surface area contributed by atoms with Crippen molar-refractivity contribution in [2.24, 2.45) is 0 Å². The maximum atomic E-state index is 3.77. The Morgan fingerprint density at radius 2 is 1.74 bits per heavy atom. The highest BCUT2D eigenvalue weighted by Crippen LogP contribution is 2.26. The molecule has 0 saturated carbocycles. The van der Waals surface area contributed by atoms with Gasteiger partial charge < -0.3 is 0 Å². The van der Waals surface area contributed by atoms with Crippen LogP contribution in [-0.2, 0) is 5.41 Å². The van der Waals surface area contributed by atoms with Gasteiger partial charge in [-0.05, 0) is 40.2 Å². The van der Waals surface area contributed by atoms with Gasteiger partial charge in [-0.25, -0.2) is 0 Å². The van der Waals surface area contributed by atoms with Crippen molar-refractivity contribution in [1.29, 1.82) is 0 Å². The van der Waals surface area contributed by atoms with Gasteiger partial charge in [-0.15, -0.1) is 0 Å². The largest absolute Gasteiger partial charge is 0.0990 e. The first-order chi connectivity index (χ1) is 8.97. The van der Waals surface area contributed by atoms with E-state index in [-0.39, 0.29) is 5.41 Å². The number of rotatable bonds is 5. The summed E-state index contributed by atoms with van der Waals surface area (Å²) < 4.78 is 0. The van der Waals surface area contributed by atoms with E-state index in [2.05, 4.69) is 63.6 Å². The molecule has 0 aliphatic rings. The van der Waals surface area contributed by atoms with E-state index in [1.807, 2.05) is 18.2 Å². The molecule has 0 bridgehead atoms. The van der Waals surface area contributed by atoms with E-state index in [0.717, 1.165) is 5.57 Å². The normalized spacial score (nSPS) is 12.7. The zero-order valence-corrected chi connectivity index (χ0v) is 12.8. The molecule has 0 amide bonds. The lowest BCUT2D eigenvalue weighted by Gasteiger charge is -2.18. The van der Waals surface area contributed by atoms with Gasteiger partial charge in [-0.1, -0.05) is 76.1 Å². The third kappa shape index (κ3) is 5.35. The number of allylic oxidation sites excluding steroid dienone is 5. The van der Waals surface area contributed by atoms with Gasteiger partial charge >= 0.3 is 0 Å². The Labute approximate surface area is 121 Å². The molecule has 0 heterocycles. The van der Waals surface area contributed by atoms with Crippen molar-refractivity contribution in [1.82, 2.24) is 0 Å². The fourth-order valence-electron chi connectivity index (χ4n) is 1.55. The molecule has 0 aliphatic heterocycles. The zero-order valence-electron chi connectivity index (χ0n) is 12.0. The third-order valence-corrected chi connectivity index (χ3v) is 3.55. The van der Waals surface area contributed by atoms with Crippen molar-refractivity contribution in [2.45, 2.75) is 31.1 Å². The van der Waals surface area contributed by atoms with Crippen LogP contribution in [-0.4, -0.2) is 0 Å². The summed E-state index contributed by atoms with van der Waals surface area (Å²) in [4.78, 5) is 1.24. The average molecular weight is 270 g/mol. The second-order valence-electron chi connectivity index (χ2n) is 5.30. The van der Waals surface area contributed by atoms with Crippen LogP contribution in [0.5, 0.6) is 0 Å². The Morgan fingerprint density at radius 1 is 1.11 bits per heavy atom. The number of benzene rings is 1. The summed E-state index contributed by atoms with van der Waals surface area (Å²) in [5.74, 6) is 0. The summed E-state index contributed by atoms with van der Waals surface area (Å²) in [5, 5.41) is 2.07. The van der Waals surface area contributed by atoms with E-state index in [4.69, 9.17) is 0 Å². The molecule has 1 rings (SSSR count). The molecule has 0 N–H and O–H groups in total. The molecule has 0 atom stereocenters. The van der Waals surface area contributed by atoms with Gasteiger partial charge in [0.15, 0.2) is 0 Å². The number of hydrogen-bond acceptors (Lipinski definition) is 1. The standard InChI is InChI=1S/C18H22S/c1-6-8-15(7-2)13-14-19-17-11-9-16(10-12-17)18(3,4)5/h6-14H,1-2H2,3-5H3/b14-13+,15-8+. The SMILES string of the molecule is C=C/C=C(C=C)/C=C/Sc1ccc(C(C)(C)C)cc1. The monoisotopic (exact) mass is 270 g/mol. The molecule has 19 heavy (non-hydrogen) atoms.